The maximum absolute atomic E-state index is 12.2. The highest BCUT2D eigenvalue weighted by atomic mass is 35.5. The molecule has 34 heavy (non-hydrogen) atoms. The number of rotatable bonds is 5. The zero-order valence-corrected chi connectivity index (χ0v) is 19.1. The van der Waals surface area contributed by atoms with Gasteiger partial charge in [0.1, 0.15) is 54.6 Å². The summed E-state index contributed by atoms with van der Waals surface area (Å²) in [6.07, 6.45) is -12.5. The van der Waals surface area contributed by atoms with E-state index >= 15 is 0 Å². The highest BCUT2D eigenvalue weighted by Crippen LogP contribution is 2.54. The van der Waals surface area contributed by atoms with Gasteiger partial charge >= 0.3 is 12.1 Å². The molecule has 194 valence electrons. The van der Waals surface area contributed by atoms with E-state index in [9.17, 15) is 40.2 Å². The van der Waals surface area contributed by atoms with Crippen molar-refractivity contribution in [3.8, 4) is 0 Å². The maximum Gasteiger partial charge on any atom is 0.508 e. The number of aliphatic hydroxyl groups excluding tert-OH is 4. The number of halogens is 1. The van der Waals surface area contributed by atoms with Crippen molar-refractivity contribution in [2.75, 3.05) is 20.8 Å². The van der Waals surface area contributed by atoms with E-state index in [-0.39, 0.29) is 0 Å². The molecule has 0 aromatic carbocycles. The molecule has 0 spiro atoms. The molecular formula is C19H27ClO14. The lowest BCUT2D eigenvalue weighted by atomic mass is 9.76. The van der Waals surface area contributed by atoms with E-state index in [1.165, 1.54) is 6.92 Å². The largest absolute Gasteiger partial charge is 0.508 e. The molecule has 1 saturated carbocycles. The van der Waals surface area contributed by atoms with Gasteiger partial charge in [-0.2, -0.15) is 0 Å². The van der Waals surface area contributed by atoms with Crippen molar-refractivity contribution in [2.24, 2.45) is 5.92 Å². The van der Waals surface area contributed by atoms with E-state index in [0.717, 1.165) is 20.5 Å². The van der Waals surface area contributed by atoms with Gasteiger partial charge in [0.15, 0.2) is 6.29 Å². The molecule has 15 heteroatoms. The first-order chi connectivity index (χ1) is 15.8. The fourth-order valence-electron chi connectivity index (χ4n) is 4.40. The molecule has 2 heterocycles. The molecule has 14 nitrogen and oxygen atoms in total. The lowest BCUT2D eigenvalue weighted by Crippen LogP contribution is -2.63. The summed E-state index contributed by atoms with van der Waals surface area (Å²) in [6.45, 7) is 0.573. The van der Waals surface area contributed by atoms with E-state index in [0.29, 0.717) is 0 Å². The molecule has 0 amide bonds. The Labute approximate surface area is 198 Å². The number of carbonyl (C=O) groups excluding carboxylic acids is 2. The van der Waals surface area contributed by atoms with Crippen LogP contribution in [0.3, 0.4) is 0 Å². The topological polar surface area (TPSA) is 211 Å². The minimum atomic E-state index is -2.50. The first kappa shape index (κ1) is 26.8. The third kappa shape index (κ3) is 4.23. The van der Waals surface area contributed by atoms with Crippen LogP contribution < -0.4 is 0 Å². The number of aliphatic hydroxyl groups is 6. The van der Waals surface area contributed by atoms with Gasteiger partial charge in [-0.3, -0.25) is 0 Å². The van der Waals surface area contributed by atoms with Crippen LogP contribution in [0.4, 0.5) is 4.79 Å². The maximum atomic E-state index is 12.2. The van der Waals surface area contributed by atoms with Gasteiger partial charge in [0.25, 0.3) is 0 Å². The molecule has 11 atom stereocenters. The fourth-order valence-corrected chi connectivity index (χ4v) is 4.73. The van der Waals surface area contributed by atoms with Crippen molar-refractivity contribution in [3.05, 3.63) is 11.8 Å². The van der Waals surface area contributed by atoms with Gasteiger partial charge in [0.2, 0.25) is 6.29 Å². The minimum Gasteiger partial charge on any atom is -0.471 e. The standard InChI is InChI=1S/C19H27ClO14/c1-18(27)11-16(31-4-6(14(25)29-2)19(11,28)13(24)12(18)20)34-15-10(23)9(22)8(21)7(33-15)5-32-17(26)30-3/h4,7-13,15-16,21-24,27-28H,5H2,1-3H3/t7-,8-,9+,10-,11-,12-,13-,15+,16+,18-,19+/m1/s1. The first-order valence-corrected chi connectivity index (χ1v) is 10.5. The van der Waals surface area contributed by atoms with Crippen LogP contribution in [0.5, 0.6) is 0 Å². The van der Waals surface area contributed by atoms with E-state index in [1.54, 1.807) is 0 Å². The molecular weight excluding hydrogens is 488 g/mol. The molecule has 3 aliphatic rings. The van der Waals surface area contributed by atoms with Crippen molar-refractivity contribution in [3.63, 3.8) is 0 Å². The van der Waals surface area contributed by atoms with Gasteiger partial charge < -0.3 is 59.1 Å². The van der Waals surface area contributed by atoms with Gasteiger partial charge in [-0.25, -0.2) is 9.59 Å². The molecule has 1 aliphatic carbocycles. The first-order valence-electron chi connectivity index (χ1n) is 10.1. The average molecular weight is 515 g/mol. The second-order valence-corrected chi connectivity index (χ2v) is 8.79. The van der Waals surface area contributed by atoms with Gasteiger partial charge in [0, 0.05) is 0 Å². The second-order valence-electron chi connectivity index (χ2n) is 8.32. The number of ether oxygens (including phenoxy) is 6. The zero-order valence-electron chi connectivity index (χ0n) is 18.3. The third-order valence-corrected chi connectivity index (χ3v) is 6.97. The van der Waals surface area contributed by atoms with Crippen LogP contribution in [-0.2, 0) is 33.2 Å². The Morgan fingerprint density at radius 1 is 1.06 bits per heavy atom. The smallest absolute Gasteiger partial charge is 0.471 e. The predicted molar refractivity (Wildman–Crippen MR) is 106 cm³/mol. The number of carbonyl (C=O) groups is 2. The number of hydrogen-bond donors (Lipinski definition) is 6. The predicted octanol–water partition coefficient (Wildman–Crippen LogP) is -2.91. The molecule has 6 N–H and O–H groups in total. The fraction of sp³-hybridized carbons (Fsp3) is 0.789. The van der Waals surface area contributed by atoms with Crippen molar-refractivity contribution in [1.29, 1.82) is 0 Å². The van der Waals surface area contributed by atoms with Crippen molar-refractivity contribution < 1.29 is 68.6 Å². The van der Waals surface area contributed by atoms with E-state index in [2.05, 4.69) is 9.47 Å². The molecule has 2 aliphatic heterocycles. The average Bonchev–Trinajstić information content (AvgIpc) is 2.95. The second kappa shape index (κ2) is 9.72. The van der Waals surface area contributed by atoms with Gasteiger partial charge in [-0.1, -0.05) is 0 Å². The molecule has 1 saturated heterocycles. The Hall–Kier alpha value is -1.75. The Morgan fingerprint density at radius 3 is 2.29 bits per heavy atom. The quantitative estimate of drug-likeness (QED) is 0.160. The SMILES string of the molecule is COC(=O)OC[C@H]1O[C@@H](O[C@@H]2OC=C(C(=O)OC)[C@@]3(O)[C@H](O)[C@@H](Cl)[C@](C)(O)[C@@H]23)[C@H](O)[C@@H](O)[C@@H]1O. The third-order valence-electron chi connectivity index (χ3n) is 6.29. The van der Waals surface area contributed by atoms with Gasteiger partial charge in [-0.05, 0) is 6.92 Å². The summed E-state index contributed by atoms with van der Waals surface area (Å²) in [5, 5.41) is 62.2. The Balaban J connectivity index is 1.89. The zero-order chi connectivity index (χ0) is 25.6. The van der Waals surface area contributed by atoms with Crippen LogP contribution in [0.2, 0.25) is 0 Å². The van der Waals surface area contributed by atoms with Gasteiger partial charge in [-0.15, -0.1) is 11.6 Å². The number of methoxy groups -OCH3 is 2. The van der Waals surface area contributed by atoms with E-state index in [1.807, 2.05) is 0 Å². The van der Waals surface area contributed by atoms with Crippen molar-refractivity contribution in [1.82, 2.24) is 0 Å². The van der Waals surface area contributed by atoms with Crippen LogP contribution in [-0.4, -0.2) is 123 Å². The van der Waals surface area contributed by atoms with Gasteiger partial charge in [0.05, 0.1) is 31.1 Å². The lowest BCUT2D eigenvalue weighted by Gasteiger charge is -2.46. The monoisotopic (exact) mass is 514 g/mol. The van der Waals surface area contributed by atoms with Crippen LogP contribution in [0.25, 0.3) is 0 Å². The Kier molecular flexibility index (Phi) is 7.67. The summed E-state index contributed by atoms with van der Waals surface area (Å²) in [5.41, 5.74) is -5.14. The number of alkyl halides is 1. The number of fused-ring (bicyclic) bond motifs is 1. The summed E-state index contributed by atoms with van der Waals surface area (Å²) >= 11 is 6.15. The molecule has 2 fully saturated rings. The molecule has 0 aromatic heterocycles. The van der Waals surface area contributed by atoms with Crippen molar-refractivity contribution in [2.45, 2.75) is 66.6 Å². The van der Waals surface area contributed by atoms with Crippen LogP contribution >= 0.6 is 11.6 Å². The number of hydrogen-bond acceptors (Lipinski definition) is 14. The molecule has 0 radical (unpaired) electrons. The summed E-state index contributed by atoms with van der Waals surface area (Å²) < 4.78 is 30.0. The normalized spacial score (nSPS) is 46.1. The summed E-state index contributed by atoms with van der Waals surface area (Å²) in [5.74, 6) is -2.69. The lowest BCUT2D eigenvalue weighted by molar-refractivity contribution is -0.352. The highest BCUT2D eigenvalue weighted by Gasteiger charge is 2.72. The number of esters is 1. The molecule has 3 rings (SSSR count). The van der Waals surface area contributed by atoms with E-state index in [4.69, 9.17) is 30.5 Å². The minimum absolute atomic E-state index is 0.541. The Morgan fingerprint density at radius 2 is 1.71 bits per heavy atom. The highest BCUT2D eigenvalue weighted by molar-refractivity contribution is 6.22. The molecule has 0 aromatic rings. The van der Waals surface area contributed by atoms with Crippen LogP contribution in [0.1, 0.15) is 6.92 Å². The van der Waals surface area contributed by atoms with Crippen molar-refractivity contribution >= 4 is 23.7 Å². The van der Waals surface area contributed by atoms with Crippen LogP contribution in [0.15, 0.2) is 11.8 Å². The molecule has 0 unspecified atom stereocenters. The summed E-state index contributed by atoms with van der Waals surface area (Å²) in [7, 11) is 2.08. The van der Waals surface area contributed by atoms with Crippen LogP contribution in [0, 0.1) is 5.92 Å². The molecule has 0 bridgehead atoms. The summed E-state index contributed by atoms with van der Waals surface area (Å²) in [4.78, 5) is 23.4. The Bertz CT molecular complexity index is 819. The van der Waals surface area contributed by atoms with E-state index < -0.39 is 89.9 Å². The summed E-state index contributed by atoms with van der Waals surface area (Å²) in [6, 6.07) is 0.